The van der Waals surface area contributed by atoms with Crippen LogP contribution in [0.3, 0.4) is 0 Å². The van der Waals surface area contributed by atoms with E-state index in [1.54, 1.807) is 7.11 Å². The Hall–Kier alpha value is -0.610. The number of nitrogens with two attached hydrogens (primary N) is 1. The molecule has 4 nitrogen and oxygen atoms in total. The second-order valence-corrected chi connectivity index (χ2v) is 6.59. The third kappa shape index (κ3) is 5.91. The Balaban J connectivity index is 2.34. The van der Waals surface area contributed by atoms with Crippen molar-refractivity contribution in [3.05, 3.63) is 0 Å². The lowest BCUT2D eigenvalue weighted by Crippen LogP contribution is -2.40. The van der Waals surface area contributed by atoms with Gasteiger partial charge < -0.3 is 15.8 Å². The van der Waals surface area contributed by atoms with E-state index in [1.807, 2.05) is 0 Å². The van der Waals surface area contributed by atoms with Crippen LogP contribution in [-0.2, 0) is 9.53 Å². The minimum Gasteiger partial charge on any atom is -0.385 e. The monoisotopic (exact) mass is 270 g/mol. The molecule has 0 saturated heterocycles. The fraction of sp³-hybridized carbons (Fsp3) is 0.933. The first-order valence-electron chi connectivity index (χ1n) is 7.45. The summed E-state index contributed by atoms with van der Waals surface area (Å²) in [6.07, 6.45) is 5.24. The Kier molecular flexibility index (Phi) is 6.80. The zero-order chi connectivity index (χ0) is 14.3. The van der Waals surface area contributed by atoms with Crippen molar-refractivity contribution in [2.75, 3.05) is 26.8 Å². The summed E-state index contributed by atoms with van der Waals surface area (Å²) >= 11 is 0. The molecular weight excluding hydrogens is 240 g/mol. The van der Waals surface area contributed by atoms with Gasteiger partial charge in [-0.1, -0.05) is 20.3 Å². The first-order chi connectivity index (χ1) is 8.98. The number of methoxy groups -OCH3 is 1. The zero-order valence-corrected chi connectivity index (χ0v) is 12.7. The van der Waals surface area contributed by atoms with Crippen LogP contribution >= 0.6 is 0 Å². The summed E-state index contributed by atoms with van der Waals surface area (Å²) in [6, 6.07) is 0. The third-order valence-corrected chi connectivity index (χ3v) is 4.21. The van der Waals surface area contributed by atoms with E-state index in [0.29, 0.717) is 12.5 Å². The van der Waals surface area contributed by atoms with Crippen LogP contribution in [0.5, 0.6) is 0 Å². The lowest BCUT2D eigenvalue weighted by Gasteiger charge is -2.30. The van der Waals surface area contributed by atoms with Crippen molar-refractivity contribution < 1.29 is 9.53 Å². The van der Waals surface area contributed by atoms with Crippen LogP contribution in [0.4, 0.5) is 0 Å². The van der Waals surface area contributed by atoms with Crippen molar-refractivity contribution in [3.63, 3.8) is 0 Å². The van der Waals surface area contributed by atoms with Gasteiger partial charge >= 0.3 is 0 Å². The molecule has 0 aromatic carbocycles. The maximum Gasteiger partial charge on any atom is 0.223 e. The van der Waals surface area contributed by atoms with E-state index in [-0.39, 0.29) is 17.2 Å². The summed E-state index contributed by atoms with van der Waals surface area (Å²) in [4.78, 5) is 12.2. The molecule has 1 aliphatic rings. The number of rotatable bonds is 7. The first kappa shape index (κ1) is 16.4. The molecule has 4 heteroatoms. The first-order valence-corrected chi connectivity index (χ1v) is 7.45. The van der Waals surface area contributed by atoms with E-state index in [2.05, 4.69) is 19.2 Å². The summed E-state index contributed by atoms with van der Waals surface area (Å²) in [5.74, 6) is 0.912. The Morgan fingerprint density at radius 2 is 2.16 bits per heavy atom. The van der Waals surface area contributed by atoms with Gasteiger partial charge in [0.1, 0.15) is 0 Å². The number of nitrogens with one attached hydrogen (secondary N) is 1. The highest BCUT2D eigenvalue weighted by Crippen LogP contribution is 2.28. The van der Waals surface area contributed by atoms with E-state index < -0.39 is 0 Å². The minimum atomic E-state index is 0.0909. The average Bonchev–Trinajstić information content (AvgIpc) is 2.43. The van der Waals surface area contributed by atoms with Crippen LogP contribution in [0, 0.1) is 17.3 Å². The Bertz CT molecular complexity index is 279. The Morgan fingerprint density at radius 1 is 1.42 bits per heavy atom. The molecule has 0 heterocycles. The second-order valence-electron chi connectivity index (χ2n) is 6.59. The zero-order valence-electron chi connectivity index (χ0n) is 12.7. The van der Waals surface area contributed by atoms with Gasteiger partial charge in [0, 0.05) is 26.2 Å². The van der Waals surface area contributed by atoms with E-state index in [1.165, 1.54) is 6.42 Å². The second kappa shape index (κ2) is 7.85. The van der Waals surface area contributed by atoms with Crippen LogP contribution in [0.25, 0.3) is 0 Å². The molecule has 0 radical (unpaired) electrons. The van der Waals surface area contributed by atoms with Gasteiger partial charge in [-0.25, -0.2) is 0 Å². The molecule has 1 saturated carbocycles. The van der Waals surface area contributed by atoms with Gasteiger partial charge in [0.15, 0.2) is 0 Å². The fourth-order valence-electron chi connectivity index (χ4n) is 2.68. The van der Waals surface area contributed by atoms with Crippen LogP contribution < -0.4 is 11.1 Å². The molecule has 1 amide bonds. The van der Waals surface area contributed by atoms with Crippen molar-refractivity contribution in [3.8, 4) is 0 Å². The maximum absolute atomic E-state index is 12.2. The average molecular weight is 270 g/mol. The fourth-order valence-corrected chi connectivity index (χ4v) is 2.68. The van der Waals surface area contributed by atoms with Crippen molar-refractivity contribution in [2.45, 2.75) is 46.0 Å². The molecule has 3 N–H and O–H groups in total. The smallest absolute Gasteiger partial charge is 0.223 e. The van der Waals surface area contributed by atoms with Gasteiger partial charge in [-0.15, -0.1) is 0 Å². The topological polar surface area (TPSA) is 64.3 Å². The molecule has 19 heavy (non-hydrogen) atoms. The van der Waals surface area contributed by atoms with E-state index in [9.17, 15) is 4.79 Å². The minimum absolute atomic E-state index is 0.0909. The standard InChI is InChI=1S/C15H30N2O2/c1-15(2,7-8-19-3)11-17-14(18)13-6-4-5-12(9-13)10-16/h12-13H,4-11,16H2,1-3H3,(H,17,18). The summed E-state index contributed by atoms with van der Waals surface area (Å²) in [6.45, 7) is 6.50. The molecule has 0 bridgehead atoms. The summed E-state index contributed by atoms with van der Waals surface area (Å²) in [7, 11) is 1.71. The highest BCUT2D eigenvalue weighted by molar-refractivity contribution is 5.78. The molecule has 2 atom stereocenters. The predicted octanol–water partition coefficient (Wildman–Crippen LogP) is 1.93. The molecule has 1 aliphatic carbocycles. The predicted molar refractivity (Wildman–Crippen MR) is 77.8 cm³/mol. The number of hydrogen-bond donors (Lipinski definition) is 2. The largest absolute Gasteiger partial charge is 0.385 e. The number of carbonyl (C=O) groups is 1. The van der Waals surface area contributed by atoms with Gasteiger partial charge in [-0.05, 0) is 43.6 Å². The van der Waals surface area contributed by atoms with Gasteiger partial charge in [-0.3, -0.25) is 4.79 Å². The molecule has 0 aromatic rings. The Labute approximate surface area is 117 Å². The third-order valence-electron chi connectivity index (χ3n) is 4.21. The van der Waals surface area contributed by atoms with Crippen LogP contribution in [0.2, 0.25) is 0 Å². The van der Waals surface area contributed by atoms with E-state index in [0.717, 1.165) is 38.8 Å². The molecule has 1 fully saturated rings. The number of amides is 1. The van der Waals surface area contributed by atoms with Crippen molar-refractivity contribution in [2.24, 2.45) is 23.0 Å². The van der Waals surface area contributed by atoms with Crippen molar-refractivity contribution in [1.82, 2.24) is 5.32 Å². The van der Waals surface area contributed by atoms with Gasteiger partial charge in [-0.2, -0.15) is 0 Å². The summed E-state index contributed by atoms with van der Waals surface area (Å²) < 4.78 is 5.10. The normalized spacial score (nSPS) is 24.2. The number of ether oxygens (including phenoxy) is 1. The SMILES string of the molecule is COCCC(C)(C)CNC(=O)C1CCCC(CN)C1. The lowest BCUT2D eigenvalue weighted by atomic mass is 9.80. The summed E-state index contributed by atoms with van der Waals surface area (Å²) in [5.41, 5.74) is 5.81. The van der Waals surface area contributed by atoms with E-state index in [4.69, 9.17) is 10.5 Å². The molecule has 2 unspecified atom stereocenters. The molecule has 112 valence electrons. The Morgan fingerprint density at radius 3 is 2.79 bits per heavy atom. The number of carbonyl (C=O) groups excluding carboxylic acids is 1. The molecule has 0 aromatic heterocycles. The van der Waals surface area contributed by atoms with Crippen LogP contribution in [0.15, 0.2) is 0 Å². The van der Waals surface area contributed by atoms with E-state index >= 15 is 0 Å². The quantitative estimate of drug-likeness (QED) is 0.743. The molecule has 0 aliphatic heterocycles. The lowest BCUT2D eigenvalue weighted by molar-refractivity contribution is -0.126. The van der Waals surface area contributed by atoms with Crippen LogP contribution in [-0.4, -0.2) is 32.7 Å². The highest BCUT2D eigenvalue weighted by Gasteiger charge is 2.27. The van der Waals surface area contributed by atoms with Crippen molar-refractivity contribution >= 4 is 5.91 Å². The maximum atomic E-state index is 12.2. The molecule has 1 rings (SSSR count). The number of hydrogen-bond acceptors (Lipinski definition) is 3. The van der Waals surface area contributed by atoms with Gasteiger partial charge in [0.25, 0.3) is 0 Å². The van der Waals surface area contributed by atoms with Crippen molar-refractivity contribution in [1.29, 1.82) is 0 Å². The molecule has 0 spiro atoms. The molecular formula is C15H30N2O2. The summed E-state index contributed by atoms with van der Waals surface area (Å²) in [5, 5.41) is 3.11. The van der Waals surface area contributed by atoms with Gasteiger partial charge in [0.05, 0.1) is 0 Å². The van der Waals surface area contributed by atoms with Gasteiger partial charge in [0.2, 0.25) is 5.91 Å². The van der Waals surface area contributed by atoms with Crippen LogP contribution in [0.1, 0.15) is 46.0 Å². The highest BCUT2D eigenvalue weighted by atomic mass is 16.5.